The van der Waals surface area contributed by atoms with Gasteiger partial charge in [0, 0.05) is 31.5 Å². The number of rotatable bonds is 3. The van der Waals surface area contributed by atoms with E-state index in [1.807, 2.05) is 37.6 Å². The monoisotopic (exact) mass is 342 g/mol. The van der Waals surface area contributed by atoms with Crippen LogP contribution in [0, 0.1) is 0 Å². The molecule has 3 aromatic heterocycles. The van der Waals surface area contributed by atoms with Gasteiger partial charge in [-0.15, -0.1) is 10.2 Å². The summed E-state index contributed by atoms with van der Waals surface area (Å²) in [7, 11) is 1.91. The van der Waals surface area contributed by atoms with Crippen molar-refractivity contribution in [3.05, 3.63) is 42.4 Å². The Bertz CT molecular complexity index is 832. The van der Waals surface area contributed by atoms with E-state index in [2.05, 4.69) is 32.1 Å². The van der Waals surface area contributed by atoms with Gasteiger partial charge in [-0.2, -0.15) is 5.10 Å². The molecule has 0 aliphatic carbocycles. The Morgan fingerprint density at radius 1 is 1.29 bits per heavy atom. The van der Waals surface area contributed by atoms with Gasteiger partial charge in [-0.3, -0.25) is 9.67 Å². The van der Waals surface area contributed by atoms with Crippen LogP contribution < -0.4 is 4.90 Å². The average molecular weight is 342 g/mol. The Morgan fingerprint density at radius 2 is 2.21 bits per heavy atom. The molecule has 8 heteroatoms. The standard InChI is InChI=1S/C16H18N6OS/c1-16(12-9-18-21(2)10-12)11-22(7-8-23-16)15-20-19-14(24-15)13-5-3-4-6-17-13/h3-6,9-10H,7-8,11H2,1-2H3/t16-/m0/s1. The van der Waals surface area contributed by atoms with E-state index in [1.165, 1.54) is 0 Å². The molecule has 1 saturated heterocycles. The number of aryl methyl sites for hydroxylation is 1. The Labute approximate surface area is 143 Å². The van der Waals surface area contributed by atoms with E-state index in [1.54, 1.807) is 22.2 Å². The molecule has 124 valence electrons. The predicted molar refractivity (Wildman–Crippen MR) is 91.9 cm³/mol. The van der Waals surface area contributed by atoms with Gasteiger partial charge in [-0.1, -0.05) is 17.4 Å². The number of pyridine rings is 1. The van der Waals surface area contributed by atoms with E-state index in [9.17, 15) is 0 Å². The molecule has 1 aliphatic rings. The van der Waals surface area contributed by atoms with Crippen molar-refractivity contribution in [2.45, 2.75) is 12.5 Å². The normalized spacial score (nSPS) is 21.2. The Kier molecular flexibility index (Phi) is 3.78. The molecule has 0 saturated carbocycles. The zero-order chi connectivity index (χ0) is 16.6. The first kappa shape index (κ1) is 15.2. The maximum atomic E-state index is 6.06. The number of nitrogens with zero attached hydrogens (tertiary/aromatic N) is 6. The SMILES string of the molecule is Cn1cc([C@]2(C)CN(c3nnc(-c4ccccn4)s3)CCO2)cn1. The van der Waals surface area contributed by atoms with Crippen LogP contribution in [0.25, 0.3) is 10.7 Å². The summed E-state index contributed by atoms with van der Waals surface area (Å²) in [6.07, 6.45) is 5.64. The lowest BCUT2D eigenvalue weighted by atomic mass is 9.97. The van der Waals surface area contributed by atoms with E-state index in [-0.39, 0.29) is 0 Å². The molecule has 1 fully saturated rings. The molecular weight excluding hydrogens is 324 g/mol. The maximum Gasteiger partial charge on any atom is 0.208 e. The van der Waals surface area contributed by atoms with Crippen molar-refractivity contribution in [1.29, 1.82) is 0 Å². The Hall–Kier alpha value is -2.32. The van der Waals surface area contributed by atoms with Crippen LogP contribution in [-0.4, -0.2) is 44.7 Å². The van der Waals surface area contributed by atoms with Gasteiger partial charge >= 0.3 is 0 Å². The molecule has 4 rings (SSSR count). The Morgan fingerprint density at radius 3 is 2.96 bits per heavy atom. The van der Waals surface area contributed by atoms with Crippen LogP contribution >= 0.6 is 11.3 Å². The van der Waals surface area contributed by atoms with E-state index >= 15 is 0 Å². The van der Waals surface area contributed by atoms with Gasteiger partial charge < -0.3 is 9.64 Å². The summed E-state index contributed by atoms with van der Waals surface area (Å²) >= 11 is 1.56. The highest BCUT2D eigenvalue weighted by Crippen LogP contribution is 2.34. The van der Waals surface area contributed by atoms with Gasteiger partial charge in [0.15, 0.2) is 5.01 Å². The van der Waals surface area contributed by atoms with Gasteiger partial charge in [0.25, 0.3) is 0 Å². The number of aromatic nitrogens is 5. The highest BCUT2D eigenvalue weighted by Gasteiger charge is 2.36. The number of anilines is 1. The van der Waals surface area contributed by atoms with Crippen molar-refractivity contribution in [2.75, 3.05) is 24.6 Å². The predicted octanol–water partition coefficient (Wildman–Crippen LogP) is 2.09. The fourth-order valence-electron chi connectivity index (χ4n) is 2.84. The summed E-state index contributed by atoms with van der Waals surface area (Å²) in [6, 6.07) is 5.80. The molecule has 3 aromatic rings. The molecule has 4 heterocycles. The molecule has 7 nitrogen and oxygen atoms in total. The van der Waals surface area contributed by atoms with Gasteiger partial charge in [0.05, 0.1) is 19.3 Å². The third-order valence-corrected chi connectivity index (χ3v) is 5.17. The summed E-state index contributed by atoms with van der Waals surface area (Å²) in [5.41, 5.74) is 1.53. The van der Waals surface area contributed by atoms with Crippen LogP contribution in [0.3, 0.4) is 0 Å². The van der Waals surface area contributed by atoms with E-state index < -0.39 is 5.60 Å². The summed E-state index contributed by atoms with van der Waals surface area (Å²) in [4.78, 5) is 6.56. The first-order valence-electron chi connectivity index (χ1n) is 7.77. The van der Waals surface area contributed by atoms with Gasteiger partial charge in [-0.25, -0.2) is 0 Å². The van der Waals surface area contributed by atoms with Crippen molar-refractivity contribution in [3.63, 3.8) is 0 Å². The largest absolute Gasteiger partial charge is 0.367 e. The highest BCUT2D eigenvalue weighted by molar-refractivity contribution is 7.18. The fourth-order valence-corrected chi connectivity index (χ4v) is 3.68. The van der Waals surface area contributed by atoms with E-state index in [4.69, 9.17) is 4.74 Å². The third-order valence-electron chi connectivity index (χ3n) is 4.16. The summed E-state index contributed by atoms with van der Waals surface area (Å²) in [6.45, 7) is 4.25. The summed E-state index contributed by atoms with van der Waals surface area (Å²) < 4.78 is 7.86. The number of ether oxygens (including phenoxy) is 1. The molecule has 24 heavy (non-hydrogen) atoms. The summed E-state index contributed by atoms with van der Waals surface area (Å²) in [5.74, 6) is 0. The summed E-state index contributed by atoms with van der Waals surface area (Å²) in [5, 5.41) is 14.6. The third kappa shape index (κ3) is 2.78. The molecular formula is C16H18N6OS. The van der Waals surface area contributed by atoms with Crippen LogP contribution in [0.15, 0.2) is 36.8 Å². The van der Waals surface area contributed by atoms with Crippen molar-refractivity contribution < 1.29 is 4.74 Å². The zero-order valence-corrected chi connectivity index (χ0v) is 14.4. The fraction of sp³-hybridized carbons (Fsp3) is 0.375. The highest BCUT2D eigenvalue weighted by atomic mass is 32.1. The number of morpholine rings is 1. The zero-order valence-electron chi connectivity index (χ0n) is 13.6. The van der Waals surface area contributed by atoms with Crippen LogP contribution in [0.5, 0.6) is 0 Å². The van der Waals surface area contributed by atoms with E-state index in [0.717, 1.165) is 34.5 Å². The van der Waals surface area contributed by atoms with Crippen LogP contribution in [0.1, 0.15) is 12.5 Å². The van der Waals surface area contributed by atoms with Gasteiger partial charge in [-0.05, 0) is 19.1 Å². The maximum absolute atomic E-state index is 6.06. The van der Waals surface area contributed by atoms with Crippen LogP contribution in [-0.2, 0) is 17.4 Å². The molecule has 1 atom stereocenters. The second-order valence-electron chi connectivity index (χ2n) is 6.01. The topological polar surface area (TPSA) is 69.0 Å². The lowest BCUT2D eigenvalue weighted by Gasteiger charge is -2.39. The molecule has 0 bridgehead atoms. The van der Waals surface area contributed by atoms with Crippen molar-refractivity contribution >= 4 is 16.5 Å². The van der Waals surface area contributed by atoms with Crippen molar-refractivity contribution in [1.82, 2.24) is 25.0 Å². The second kappa shape index (κ2) is 5.95. The smallest absolute Gasteiger partial charge is 0.208 e. The number of hydrogen-bond donors (Lipinski definition) is 0. The van der Waals surface area contributed by atoms with Gasteiger partial charge in [0.1, 0.15) is 11.3 Å². The molecule has 1 aliphatic heterocycles. The number of hydrogen-bond acceptors (Lipinski definition) is 7. The molecule has 0 N–H and O–H groups in total. The second-order valence-corrected chi connectivity index (χ2v) is 6.96. The van der Waals surface area contributed by atoms with Crippen molar-refractivity contribution in [3.8, 4) is 10.7 Å². The minimum Gasteiger partial charge on any atom is -0.367 e. The van der Waals surface area contributed by atoms with Gasteiger partial charge in [0.2, 0.25) is 5.13 Å². The quantitative estimate of drug-likeness (QED) is 0.726. The average Bonchev–Trinajstić information content (AvgIpc) is 3.25. The molecule has 0 amide bonds. The molecule has 0 spiro atoms. The first-order chi connectivity index (χ1) is 11.6. The lowest BCUT2D eigenvalue weighted by molar-refractivity contribution is -0.0466. The van der Waals surface area contributed by atoms with E-state index in [0.29, 0.717) is 6.61 Å². The van der Waals surface area contributed by atoms with Crippen LogP contribution in [0.2, 0.25) is 0 Å². The van der Waals surface area contributed by atoms with Crippen molar-refractivity contribution in [2.24, 2.45) is 7.05 Å². The minimum atomic E-state index is -0.399. The minimum absolute atomic E-state index is 0.399. The Balaban J connectivity index is 1.58. The van der Waals surface area contributed by atoms with Crippen LogP contribution in [0.4, 0.5) is 5.13 Å². The molecule has 0 radical (unpaired) electrons. The first-order valence-corrected chi connectivity index (χ1v) is 8.59. The molecule has 0 unspecified atom stereocenters. The molecule has 0 aromatic carbocycles. The lowest BCUT2D eigenvalue weighted by Crippen LogP contribution is -2.48.